The van der Waals surface area contributed by atoms with E-state index in [9.17, 15) is 14.4 Å². The Morgan fingerprint density at radius 1 is 1.21 bits per heavy atom. The number of nitrogens with one attached hydrogen (secondary N) is 1. The van der Waals surface area contributed by atoms with Crippen molar-refractivity contribution in [2.24, 2.45) is 5.92 Å². The van der Waals surface area contributed by atoms with Crippen molar-refractivity contribution in [1.29, 1.82) is 0 Å². The molecule has 1 fully saturated rings. The summed E-state index contributed by atoms with van der Waals surface area (Å²) in [6.45, 7) is 1.32. The maximum atomic E-state index is 12.3. The monoisotopic (exact) mass is 410 g/mol. The Balaban J connectivity index is 1.80. The maximum Gasteiger partial charge on any atom is 0.306 e. The lowest BCUT2D eigenvalue weighted by Crippen LogP contribution is -2.40. The van der Waals surface area contributed by atoms with Gasteiger partial charge in [0.05, 0.1) is 26.3 Å². The van der Waals surface area contributed by atoms with E-state index in [1.807, 2.05) is 0 Å². The van der Waals surface area contributed by atoms with Crippen LogP contribution >= 0.6 is 11.6 Å². The maximum absolute atomic E-state index is 12.3. The summed E-state index contributed by atoms with van der Waals surface area (Å²) in [5, 5.41) is 3.35. The minimum absolute atomic E-state index is 0.0387. The van der Waals surface area contributed by atoms with Gasteiger partial charge in [-0.15, -0.1) is 0 Å². The molecule has 1 atom stereocenters. The van der Waals surface area contributed by atoms with Crippen molar-refractivity contribution in [3.63, 3.8) is 0 Å². The van der Waals surface area contributed by atoms with Gasteiger partial charge in [-0.3, -0.25) is 14.4 Å². The summed E-state index contributed by atoms with van der Waals surface area (Å²) in [5.74, 6) is 0.286. The van der Waals surface area contributed by atoms with Gasteiger partial charge in [0, 0.05) is 31.0 Å². The molecule has 2 rings (SSSR count). The minimum atomic E-state index is -0.380. The number of esters is 1. The fourth-order valence-electron chi connectivity index (χ4n) is 3.32. The first-order valence-electron chi connectivity index (χ1n) is 9.41. The Morgan fingerprint density at radius 2 is 2.00 bits per heavy atom. The van der Waals surface area contributed by atoms with Crippen LogP contribution in [0.1, 0.15) is 38.5 Å². The molecule has 154 valence electrons. The first-order chi connectivity index (χ1) is 13.4. The molecule has 8 heteroatoms. The molecule has 1 N–H and O–H groups in total. The van der Waals surface area contributed by atoms with E-state index in [2.05, 4.69) is 10.1 Å². The molecule has 0 unspecified atom stereocenters. The van der Waals surface area contributed by atoms with Gasteiger partial charge < -0.3 is 19.7 Å². The molecule has 0 radical (unpaired) electrons. The molecule has 0 bridgehead atoms. The minimum Gasteiger partial charge on any atom is -0.495 e. The zero-order valence-electron chi connectivity index (χ0n) is 16.3. The third-order valence-electron chi connectivity index (χ3n) is 4.86. The number of anilines is 1. The number of halogens is 1. The van der Waals surface area contributed by atoms with Gasteiger partial charge in [0.1, 0.15) is 5.75 Å². The first-order valence-corrected chi connectivity index (χ1v) is 9.78. The van der Waals surface area contributed by atoms with E-state index in [-0.39, 0.29) is 36.5 Å². The van der Waals surface area contributed by atoms with E-state index in [0.717, 1.165) is 12.8 Å². The van der Waals surface area contributed by atoms with Crippen molar-refractivity contribution < 1.29 is 23.9 Å². The molecule has 28 heavy (non-hydrogen) atoms. The molecule has 2 amide bonds. The molecular formula is C20H27ClN2O5. The second-order valence-electron chi connectivity index (χ2n) is 6.86. The van der Waals surface area contributed by atoms with E-state index < -0.39 is 0 Å². The number of methoxy groups -OCH3 is 2. The fourth-order valence-corrected chi connectivity index (χ4v) is 3.49. The average Bonchev–Trinajstić information content (AvgIpc) is 2.70. The van der Waals surface area contributed by atoms with E-state index >= 15 is 0 Å². The zero-order valence-corrected chi connectivity index (χ0v) is 17.1. The quantitative estimate of drug-likeness (QED) is 0.665. The molecule has 1 heterocycles. The smallest absolute Gasteiger partial charge is 0.306 e. The fraction of sp³-hybridized carbons (Fsp3) is 0.550. The highest BCUT2D eigenvalue weighted by molar-refractivity contribution is 6.31. The van der Waals surface area contributed by atoms with Crippen LogP contribution in [0.2, 0.25) is 5.02 Å². The van der Waals surface area contributed by atoms with Crippen LogP contribution in [0.15, 0.2) is 18.2 Å². The molecule has 1 saturated heterocycles. The van der Waals surface area contributed by atoms with Gasteiger partial charge in [-0.2, -0.15) is 0 Å². The topological polar surface area (TPSA) is 84.9 Å². The van der Waals surface area contributed by atoms with E-state index in [0.29, 0.717) is 42.4 Å². The molecular weight excluding hydrogens is 384 g/mol. The molecule has 0 aromatic heterocycles. The SMILES string of the molecule is COC(=O)CCC(=O)N1CCC[C@@H](CCC(=O)Nc2cc(Cl)ccc2OC)C1. The van der Waals surface area contributed by atoms with Gasteiger partial charge in [0.2, 0.25) is 11.8 Å². The van der Waals surface area contributed by atoms with Crippen LogP contribution in [-0.4, -0.2) is 50.0 Å². The largest absolute Gasteiger partial charge is 0.495 e. The van der Waals surface area contributed by atoms with Crippen molar-refractivity contribution in [2.45, 2.75) is 38.5 Å². The number of hydrogen-bond donors (Lipinski definition) is 1. The summed E-state index contributed by atoms with van der Waals surface area (Å²) in [4.78, 5) is 37.6. The number of piperidine rings is 1. The third kappa shape index (κ3) is 6.71. The molecule has 0 saturated carbocycles. The van der Waals surface area contributed by atoms with Gasteiger partial charge in [-0.1, -0.05) is 11.6 Å². The molecule has 7 nitrogen and oxygen atoms in total. The molecule has 0 spiro atoms. The van der Waals surface area contributed by atoms with E-state index in [1.165, 1.54) is 14.2 Å². The lowest BCUT2D eigenvalue weighted by atomic mass is 9.93. The van der Waals surface area contributed by atoms with Crippen molar-refractivity contribution >= 4 is 35.1 Å². The predicted molar refractivity (Wildman–Crippen MR) is 106 cm³/mol. The van der Waals surface area contributed by atoms with Crippen molar-refractivity contribution in [2.75, 3.05) is 32.6 Å². The Labute approximate surface area is 170 Å². The first kappa shape index (κ1) is 22.0. The van der Waals surface area contributed by atoms with Crippen molar-refractivity contribution in [3.05, 3.63) is 23.2 Å². The highest BCUT2D eigenvalue weighted by Crippen LogP contribution is 2.28. The molecule has 1 aliphatic heterocycles. The number of carbonyl (C=O) groups is 3. The van der Waals surface area contributed by atoms with Gasteiger partial charge in [0.15, 0.2) is 0 Å². The van der Waals surface area contributed by atoms with Crippen LogP contribution in [0, 0.1) is 5.92 Å². The number of benzene rings is 1. The molecule has 1 aromatic carbocycles. The van der Waals surface area contributed by atoms with Gasteiger partial charge in [0.25, 0.3) is 0 Å². The summed E-state index contributed by atoms with van der Waals surface area (Å²) in [6, 6.07) is 5.06. The Morgan fingerprint density at radius 3 is 2.71 bits per heavy atom. The number of ether oxygens (including phenoxy) is 2. The molecule has 1 aliphatic rings. The van der Waals surface area contributed by atoms with Crippen LogP contribution in [0.25, 0.3) is 0 Å². The second kappa shape index (κ2) is 10.9. The number of amides is 2. The van der Waals surface area contributed by atoms with Gasteiger partial charge >= 0.3 is 5.97 Å². The highest BCUT2D eigenvalue weighted by atomic mass is 35.5. The van der Waals surface area contributed by atoms with Crippen molar-refractivity contribution in [3.8, 4) is 5.75 Å². The van der Waals surface area contributed by atoms with Gasteiger partial charge in [-0.05, 0) is 43.4 Å². The van der Waals surface area contributed by atoms with Gasteiger partial charge in [-0.25, -0.2) is 0 Å². The highest BCUT2D eigenvalue weighted by Gasteiger charge is 2.24. The normalized spacial score (nSPS) is 16.4. The van der Waals surface area contributed by atoms with Crippen molar-refractivity contribution in [1.82, 2.24) is 4.90 Å². The Bertz CT molecular complexity index is 710. The average molecular weight is 411 g/mol. The van der Waals surface area contributed by atoms with E-state index in [1.54, 1.807) is 23.1 Å². The summed E-state index contributed by atoms with van der Waals surface area (Å²) in [7, 11) is 2.85. The molecule has 1 aromatic rings. The van der Waals surface area contributed by atoms with E-state index in [4.69, 9.17) is 16.3 Å². The standard InChI is InChI=1S/C20H27ClN2O5/c1-27-17-7-6-15(21)12-16(17)22-18(24)8-5-14-4-3-11-23(13-14)19(25)9-10-20(26)28-2/h6-7,12,14H,3-5,8-11,13H2,1-2H3,(H,22,24)/t14-/m0/s1. The number of hydrogen-bond acceptors (Lipinski definition) is 5. The van der Waals surface area contributed by atoms with Crippen LogP contribution in [0.5, 0.6) is 5.75 Å². The number of nitrogens with zero attached hydrogens (tertiary/aromatic N) is 1. The summed E-state index contributed by atoms with van der Waals surface area (Å²) in [6.07, 6.45) is 3.18. The van der Waals surface area contributed by atoms with Crippen LogP contribution < -0.4 is 10.1 Å². The van der Waals surface area contributed by atoms with Crippen LogP contribution in [0.3, 0.4) is 0 Å². The lowest BCUT2D eigenvalue weighted by Gasteiger charge is -2.32. The second-order valence-corrected chi connectivity index (χ2v) is 7.29. The number of likely N-dealkylation sites (tertiary alicyclic amines) is 1. The predicted octanol–water partition coefficient (Wildman–Crippen LogP) is 3.26. The summed E-state index contributed by atoms with van der Waals surface area (Å²) >= 11 is 5.98. The zero-order chi connectivity index (χ0) is 20.5. The van der Waals surface area contributed by atoms with Crippen LogP contribution in [-0.2, 0) is 19.1 Å². The Hall–Kier alpha value is -2.28. The third-order valence-corrected chi connectivity index (χ3v) is 5.09. The lowest BCUT2D eigenvalue weighted by molar-refractivity contribution is -0.144. The van der Waals surface area contributed by atoms with Crippen LogP contribution in [0.4, 0.5) is 5.69 Å². The molecule has 0 aliphatic carbocycles. The summed E-state index contributed by atoms with van der Waals surface area (Å²) < 4.78 is 9.81. The summed E-state index contributed by atoms with van der Waals surface area (Å²) in [5.41, 5.74) is 0.545. The Kier molecular flexibility index (Phi) is 8.57. The number of carbonyl (C=O) groups excluding carboxylic acids is 3. The number of rotatable bonds is 8.